The van der Waals surface area contributed by atoms with E-state index in [1.807, 2.05) is 10.7 Å². The molecule has 2 aromatic rings. The van der Waals surface area contributed by atoms with Crippen molar-refractivity contribution in [2.24, 2.45) is 0 Å². The minimum absolute atomic E-state index is 0.376. The molecule has 1 fully saturated rings. The Morgan fingerprint density at radius 3 is 2.78 bits per heavy atom. The lowest BCUT2D eigenvalue weighted by atomic mass is 9.80. The first-order valence-electron chi connectivity index (χ1n) is 6.17. The molecule has 1 aliphatic rings. The summed E-state index contributed by atoms with van der Waals surface area (Å²) < 4.78 is 7.37. The van der Waals surface area contributed by atoms with Crippen LogP contribution in [0.2, 0.25) is 0 Å². The van der Waals surface area contributed by atoms with Gasteiger partial charge in [-0.15, -0.1) is 0 Å². The highest BCUT2D eigenvalue weighted by molar-refractivity contribution is 6.58. The van der Waals surface area contributed by atoms with Crippen molar-refractivity contribution >= 4 is 23.5 Å². The molecule has 3 rings (SSSR count). The second kappa shape index (κ2) is 4.72. The molecule has 1 aromatic carbocycles. The maximum absolute atomic E-state index is 9.15. The Bertz CT molecular complexity index is 549. The zero-order valence-electron chi connectivity index (χ0n) is 9.99. The van der Waals surface area contributed by atoms with Crippen LogP contribution in [0.3, 0.4) is 0 Å². The van der Waals surface area contributed by atoms with Crippen LogP contribution in [0.4, 0.5) is 0 Å². The second-order valence-corrected chi connectivity index (χ2v) is 4.62. The zero-order chi connectivity index (χ0) is 12.5. The molecular formula is C12H15BN2O3. The summed E-state index contributed by atoms with van der Waals surface area (Å²) in [6, 6.07) is 5.76. The average Bonchev–Trinajstić information content (AvgIpc) is 2.82. The van der Waals surface area contributed by atoms with Crippen LogP contribution in [0.5, 0.6) is 0 Å². The van der Waals surface area contributed by atoms with Crippen LogP contribution < -0.4 is 5.46 Å². The van der Waals surface area contributed by atoms with Gasteiger partial charge in [-0.25, -0.2) is 0 Å². The average molecular weight is 246 g/mol. The number of hydrogen-bond acceptors (Lipinski definition) is 4. The van der Waals surface area contributed by atoms with Gasteiger partial charge in [0, 0.05) is 18.6 Å². The zero-order valence-corrected chi connectivity index (χ0v) is 9.99. The van der Waals surface area contributed by atoms with E-state index in [2.05, 4.69) is 5.10 Å². The number of nitrogens with zero attached hydrogens (tertiary/aromatic N) is 2. The molecule has 94 valence electrons. The van der Waals surface area contributed by atoms with Crippen LogP contribution in [-0.2, 0) is 4.74 Å². The van der Waals surface area contributed by atoms with Gasteiger partial charge in [0.15, 0.2) is 0 Å². The summed E-state index contributed by atoms with van der Waals surface area (Å²) in [5, 5.41) is 23.7. The molecule has 1 aliphatic heterocycles. The Labute approximate surface area is 105 Å². The predicted molar refractivity (Wildman–Crippen MR) is 68.6 cm³/mol. The standard InChI is InChI=1S/C12H15BN2O3/c16-13(17)10-1-2-12-9(7-10)8-14-15(12)11-3-5-18-6-4-11/h1-2,7-8,11,16-17H,3-6H2. The summed E-state index contributed by atoms with van der Waals surface area (Å²) >= 11 is 0. The SMILES string of the molecule is OB(O)c1ccc2c(cnn2C2CCOCC2)c1. The van der Waals surface area contributed by atoms with E-state index < -0.39 is 7.12 Å². The monoisotopic (exact) mass is 246 g/mol. The van der Waals surface area contributed by atoms with Gasteiger partial charge in [0.2, 0.25) is 0 Å². The van der Waals surface area contributed by atoms with E-state index in [9.17, 15) is 0 Å². The molecule has 0 amide bonds. The van der Waals surface area contributed by atoms with Gasteiger partial charge in [-0.05, 0) is 24.4 Å². The normalized spacial score (nSPS) is 17.2. The van der Waals surface area contributed by atoms with Crippen molar-refractivity contribution in [2.75, 3.05) is 13.2 Å². The molecule has 18 heavy (non-hydrogen) atoms. The topological polar surface area (TPSA) is 67.5 Å². The Balaban J connectivity index is 1.98. The first-order chi connectivity index (χ1) is 8.75. The molecule has 0 bridgehead atoms. The fraction of sp³-hybridized carbons (Fsp3) is 0.417. The van der Waals surface area contributed by atoms with Gasteiger partial charge in [-0.3, -0.25) is 4.68 Å². The van der Waals surface area contributed by atoms with E-state index >= 15 is 0 Å². The summed E-state index contributed by atoms with van der Waals surface area (Å²) in [6.45, 7) is 1.55. The molecule has 0 radical (unpaired) electrons. The fourth-order valence-electron chi connectivity index (χ4n) is 2.45. The van der Waals surface area contributed by atoms with Crippen LogP contribution in [0.15, 0.2) is 24.4 Å². The van der Waals surface area contributed by atoms with Crippen molar-refractivity contribution in [1.82, 2.24) is 9.78 Å². The number of rotatable bonds is 2. The third-order valence-corrected chi connectivity index (χ3v) is 3.45. The predicted octanol–water partition coefficient (Wildman–Crippen LogP) is 0.0676. The van der Waals surface area contributed by atoms with Gasteiger partial charge in [0.05, 0.1) is 17.8 Å². The van der Waals surface area contributed by atoms with Crippen LogP contribution >= 0.6 is 0 Å². The number of hydrogen-bond donors (Lipinski definition) is 2. The van der Waals surface area contributed by atoms with E-state index in [-0.39, 0.29) is 0 Å². The Kier molecular flexibility index (Phi) is 3.07. The quantitative estimate of drug-likeness (QED) is 0.736. The Hall–Kier alpha value is -1.37. The summed E-state index contributed by atoms with van der Waals surface area (Å²) in [5.41, 5.74) is 1.53. The third kappa shape index (κ3) is 2.03. The van der Waals surface area contributed by atoms with E-state index in [1.54, 1.807) is 18.3 Å². The molecule has 0 saturated carbocycles. The molecular weight excluding hydrogens is 231 g/mol. The minimum Gasteiger partial charge on any atom is -0.423 e. The maximum atomic E-state index is 9.15. The lowest BCUT2D eigenvalue weighted by Gasteiger charge is -2.23. The molecule has 6 heteroatoms. The van der Waals surface area contributed by atoms with Gasteiger partial charge in [-0.1, -0.05) is 12.1 Å². The van der Waals surface area contributed by atoms with Gasteiger partial charge in [0.1, 0.15) is 0 Å². The van der Waals surface area contributed by atoms with Crippen molar-refractivity contribution < 1.29 is 14.8 Å². The molecule has 1 aromatic heterocycles. The summed E-state index contributed by atoms with van der Waals surface area (Å²) in [7, 11) is -1.43. The van der Waals surface area contributed by atoms with Crippen molar-refractivity contribution in [3.63, 3.8) is 0 Å². The highest BCUT2D eigenvalue weighted by Gasteiger charge is 2.19. The van der Waals surface area contributed by atoms with Crippen molar-refractivity contribution in [3.05, 3.63) is 24.4 Å². The highest BCUT2D eigenvalue weighted by Crippen LogP contribution is 2.24. The van der Waals surface area contributed by atoms with Crippen LogP contribution in [-0.4, -0.2) is 40.2 Å². The summed E-state index contributed by atoms with van der Waals surface area (Å²) in [6.07, 6.45) is 3.72. The van der Waals surface area contributed by atoms with Crippen LogP contribution in [0.1, 0.15) is 18.9 Å². The van der Waals surface area contributed by atoms with E-state index in [0.717, 1.165) is 37.0 Å². The molecule has 2 N–H and O–H groups in total. The maximum Gasteiger partial charge on any atom is 0.488 e. The number of fused-ring (bicyclic) bond motifs is 1. The Morgan fingerprint density at radius 1 is 1.28 bits per heavy atom. The molecule has 0 unspecified atom stereocenters. The number of aromatic nitrogens is 2. The van der Waals surface area contributed by atoms with E-state index in [4.69, 9.17) is 14.8 Å². The largest absolute Gasteiger partial charge is 0.488 e. The molecule has 1 saturated heterocycles. The fourth-order valence-corrected chi connectivity index (χ4v) is 2.45. The highest BCUT2D eigenvalue weighted by atomic mass is 16.5. The molecule has 0 aliphatic carbocycles. The van der Waals surface area contributed by atoms with Gasteiger partial charge in [0.25, 0.3) is 0 Å². The molecule has 0 spiro atoms. The summed E-state index contributed by atoms with van der Waals surface area (Å²) in [4.78, 5) is 0. The first kappa shape index (κ1) is 11.7. The summed E-state index contributed by atoms with van der Waals surface area (Å²) in [5.74, 6) is 0. The smallest absolute Gasteiger partial charge is 0.423 e. The van der Waals surface area contributed by atoms with Crippen LogP contribution in [0.25, 0.3) is 10.9 Å². The third-order valence-electron chi connectivity index (χ3n) is 3.45. The van der Waals surface area contributed by atoms with Crippen molar-refractivity contribution in [2.45, 2.75) is 18.9 Å². The van der Waals surface area contributed by atoms with Gasteiger partial charge >= 0.3 is 7.12 Å². The lowest BCUT2D eigenvalue weighted by Crippen LogP contribution is -2.29. The lowest BCUT2D eigenvalue weighted by molar-refractivity contribution is 0.0675. The molecule has 0 atom stereocenters. The molecule has 5 nitrogen and oxygen atoms in total. The van der Waals surface area contributed by atoms with E-state index in [0.29, 0.717) is 11.5 Å². The van der Waals surface area contributed by atoms with E-state index in [1.165, 1.54) is 0 Å². The second-order valence-electron chi connectivity index (χ2n) is 4.62. The van der Waals surface area contributed by atoms with Crippen molar-refractivity contribution in [3.8, 4) is 0 Å². The van der Waals surface area contributed by atoms with Crippen LogP contribution in [0, 0.1) is 0 Å². The number of ether oxygens (including phenoxy) is 1. The van der Waals surface area contributed by atoms with Gasteiger partial charge in [-0.2, -0.15) is 5.10 Å². The Morgan fingerprint density at radius 2 is 2.06 bits per heavy atom. The minimum atomic E-state index is -1.43. The number of benzene rings is 1. The first-order valence-corrected chi connectivity index (χ1v) is 6.17. The van der Waals surface area contributed by atoms with Crippen molar-refractivity contribution in [1.29, 1.82) is 0 Å². The molecule has 2 heterocycles. The van der Waals surface area contributed by atoms with Gasteiger partial charge < -0.3 is 14.8 Å².